The fraction of sp³-hybridized carbons (Fsp3) is 0.500. The average molecular weight is 461 g/mol. The fourth-order valence-electron chi connectivity index (χ4n) is 6.61. The molecule has 2 aromatic rings. The second-order valence-corrected chi connectivity index (χ2v) is 11.4. The Kier molecular flexibility index (Phi) is 5.78. The molecule has 0 spiro atoms. The van der Waals surface area contributed by atoms with Crippen molar-refractivity contribution in [2.45, 2.75) is 58.9 Å². The van der Waals surface area contributed by atoms with Gasteiger partial charge in [-0.05, 0) is 66.2 Å². The zero-order valence-corrected chi connectivity index (χ0v) is 20.6. The Hall–Kier alpha value is -3.02. The molecule has 3 aliphatic rings. The molecule has 2 heterocycles. The molecule has 0 saturated heterocycles. The normalized spacial score (nSPS) is 25.0. The summed E-state index contributed by atoms with van der Waals surface area (Å²) in [7, 11) is 0. The van der Waals surface area contributed by atoms with Gasteiger partial charge in [0.25, 0.3) is 0 Å². The number of urea groups is 2. The summed E-state index contributed by atoms with van der Waals surface area (Å²) in [5, 5.41) is 6.55. The number of fused-ring (bicyclic) bond motifs is 2. The number of para-hydroxylation sites is 2. The lowest BCUT2D eigenvalue weighted by Crippen LogP contribution is -2.53. The molecule has 5 rings (SSSR count). The molecule has 1 saturated carbocycles. The minimum atomic E-state index is -0.0858. The van der Waals surface area contributed by atoms with E-state index in [9.17, 15) is 9.59 Å². The molecule has 2 N–H and O–H groups in total. The van der Waals surface area contributed by atoms with Gasteiger partial charge in [-0.3, -0.25) is 9.80 Å². The molecule has 0 bridgehead atoms. The predicted molar refractivity (Wildman–Crippen MR) is 136 cm³/mol. The second-order valence-electron chi connectivity index (χ2n) is 11.4. The topological polar surface area (TPSA) is 64.7 Å². The largest absolute Gasteiger partial charge is 0.337 e. The maximum absolute atomic E-state index is 13.2. The SMILES string of the molecule is CC1(C)C[C@@H](NC(=O)N2CCc3ccccc32)C[C@](C)(CNC(=O)N2CCc3ccccc32)C1. The number of hydrogen-bond donors (Lipinski definition) is 2. The van der Waals surface area contributed by atoms with Crippen LogP contribution in [0.25, 0.3) is 0 Å². The van der Waals surface area contributed by atoms with Gasteiger partial charge in [0.15, 0.2) is 0 Å². The summed E-state index contributed by atoms with van der Waals surface area (Å²) < 4.78 is 0. The van der Waals surface area contributed by atoms with E-state index in [-0.39, 0.29) is 28.9 Å². The third-order valence-electron chi connectivity index (χ3n) is 7.70. The second kappa shape index (κ2) is 8.64. The number of hydrogen-bond acceptors (Lipinski definition) is 2. The first kappa shape index (κ1) is 22.8. The van der Waals surface area contributed by atoms with Crippen LogP contribution in [0.3, 0.4) is 0 Å². The van der Waals surface area contributed by atoms with Crippen molar-refractivity contribution >= 4 is 23.4 Å². The molecule has 1 aliphatic carbocycles. The summed E-state index contributed by atoms with van der Waals surface area (Å²) >= 11 is 0. The van der Waals surface area contributed by atoms with E-state index in [1.165, 1.54) is 11.1 Å². The third-order valence-corrected chi connectivity index (χ3v) is 7.70. The van der Waals surface area contributed by atoms with E-state index in [1.807, 2.05) is 46.2 Å². The van der Waals surface area contributed by atoms with Crippen LogP contribution < -0.4 is 20.4 Å². The quantitative estimate of drug-likeness (QED) is 0.668. The van der Waals surface area contributed by atoms with Gasteiger partial charge in [-0.25, -0.2) is 9.59 Å². The zero-order valence-electron chi connectivity index (χ0n) is 20.6. The Balaban J connectivity index is 1.23. The zero-order chi connectivity index (χ0) is 23.9. The molecule has 0 unspecified atom stereocenters. The molecular formula is C28H36N4O2. The molecule has 180 valence electrons. The molecule has 6 heteroatoms. The Bertz CT molecular complexity index is 1100. The van der Waals surface area contributed by atoms with Crippen LogP contribution in [0.2, 0.25) is 0 Å². The van der Waals surface area contributed by atoms with E-state index in [4.69, 9.17) is 0 Å². The van der Waals surface area contributed by atoms with Crippen LogP contribution in [0, 0.1) is 10.8 Å². The van der Waals surface area contributed by atoms with E-state index in [1.54, 1.807) is 0 Å². The molecule has 1 fully saturated rings. The number of carbonyl (C=O) groups excluding carboxylic acids is 2. The number of carbonyl (C=O) groups is 2. The lowest BCUT2D eigenvalue weighted by Gasteiger charge is -2.47. The van der Waals surface area contributed by atoms with E-state index < -0.39 is 0 Å². The highest BCUT2D eigenvalue weighted by Gasteiger charge is 2.42. The average Bonchev–Trinajstić information content (AvgIpc) is 3.41. The van der Waals surface area contributed by atoms with Crippen molar-refractivity contribution in [1.29, 1.82) is 0 Å². The van der Waals surface area contributed by atoms with Gasteiger partial charge in [-0.15, -0.1) is 0 Å². The highest BCUT2D eigenvalue weighted by molar-refractivity contribution is 5.95. The van der Waals surface area contributed by atoms with E-state index in [0.717, 1.165) is 56.6 Å². The molecule has 2 atom stereocenters. The smallest absolute Gasteiger partial charge is 0.322 e. The maximum atomic E-state index is 13.2. The van der Waals surface area contributed by atoms with Crippen LogP contribution in [0.1, 0.15) is 51.2 Å². The minimum absolute atomic E-state index is 0.00675. The monoisotopic (exact) mass is 460 g/mol. The van der Waals surface area contributed by atoms with Crippen LogP contribution in [-0.2, 0) is 12.8 Å². The lowest BCUT2D eigenvalue weighted by molar-refractivity contribution is 0.0756. The molecule has 4 amide bonds. The first-order chi connectivity index (χ1) is 16.2. The first-order valence-electron chi connectivity index (χ1n) is 12.5. The van der Waals surface area contributed by atoms with Gasteiger partial charge in [0, 0.05) is 37.1 Å². The third kappa shape index (κ3) is 4.50. The van der Waals surface area contributed by atoms with Crippen molar-refractivity contribution in [3.8, 4) is 0 Å². The van der Waals surface area contributed by atoms with Gasteiger partial charge in [-0.1, -0.05) is 57.2 Å². The predicted octanol–water partition coefficient (Wildman–Crippen LogP) is 5.12. The van der Waals surface area contributed by atoms with E-state index in [2.05, 4.69) is 43.5 Å². The van der Waals surface area contributed by atoms with Crippen molar-refractivity contribution in [1.82, 2.24) is 10.6 Å². The van der Waals surface area contributed by atoms with Gasteiger partial charge in [-0.2, -0.15) is 0 Å². The van der Waals surface area contributed by atoms with Gasteiger partial charge < -0.3 is 10.6 Å². The van der Waals surface area contributed by atoms with Crippen molar-refractivity contribution in [2.24, 2.45) is 10.8 Å². The van der Waals surface area contributed by atoms with Crippen molar-refractivity contribution in [3.05, 3.63) is 59.7 Å². The molecule has 0 radical (unpaired) electrons. The molecule has 2 aliphatic heterocycles. The van der Waals surface area contributed by atoms with Crippen LogP contribution >= 0.6 is 0 Å². The number of rotatable bonds is 3. The summed E-state index contributed by atoms with van der Waals surface area (Å²) in [6, 6.07) is 16.3. The highest BCUT2D eigenvalue weighted by Crippen LogP contribution is 2.46. The molecule has 2 aromatic carbocycles. The number of anilines is 2. The van der Waals surface area contributed by atoms with Crippen LogP contribution in [0.4, 0.5) is 21.0 Å². The Morgan fingerprint density at radius 3 is 2.03 bits per heavy atom. The summed E-state index contributed by atoms with van der Waals surface area (Å²) in [5.41, 5.74) is 4.50. The van der Waals surface area contributed by atoms with Gasteiger partial charge in [0.2, 0.25) is 0 Å². The summed E-state index contributed by atoms with van der Waals surface area (Å²) in [4.78, 5) is 30.0. The standard InChI is InChI=1S/C28H36N4O2/c1-27(2)16-22(30-26(34)32-15-13-21-9-5-7-11-24(21)32)17-28(3,18-27)19-29-25(33)31-14-12-20-8-4-6-10-23(20)31/h4-11,22H,12-19H2,1-3H3,(H,29,33)(H,30,34)/t22-,28+/m1/s1. The van der Waals surface area contributed by atoms with Crippen LogP contribution in [-0.4, -0.2) is 37.7 Å². The number of amides is 4. The molecule has 0 aromatic heterocycles. The Morgan fingerprint density at radius 1 is 0.853 bits per heavy atom. The Morgan fingerprint density at radius 2 is 1.41 bits per heavy atom. The molecule has 6 nitrogen and oxygen atoms in total. The summed E-state index contributed by atoms with van der Waals surface area (Å²) in [6.07, 6.45) is 4.62. The van der Waals surface area contributed by atoms with Gasteiger partial charge in [0.1, 0.15) is 0 Å². The van der Waals surface area contributed by atoms with E-state index in [0.29, 0.717) is 6.54 Å². The molecular weight excluding hydrogens is 424 g/mol. The fourth-order valence-corrected chi connectivity index (χ4v) is 6.61. The number of benzene rings is 2. The van der Waals surface area contributed by atoms with Crippen molar-refractivity contribution < 1.29 is 9.59 Å². The Labute approximate surface area is 202 Å². The number of nitrogens with zero attached hydrogens (tertiary/aromatic N) is 2. The number of nitrogens with one attached hydrogen (secondary N) is 2. The van der Waals surface area contributed by atoms with Crippen LogP contribution in [0.15, 0.2) is 48.5 Å². The summed E-state index contributed by atoms with van der Waals surface area (Å²) in [5.74, 6) is 0. The van der Waals surface area contributed by atoms with Gasteiger partial charge in [0.05, 0.1) is 0 Å². The first-order valence-corrected chi connectivity index (χ1v) is 12.5. The summed E-state index contributed by atoms with van der Waals surface area (Å²) in [6.45, 7) is 8.85. The van der Waals surface area contributed by atoms with Crippen molar-refractivity contribution in [3.63, 3.8) is 0 Å². The van der Waals surface area contributed by atoms with E-state index >= 15 is 0 Å². The maximum Gasteiger partial charge on any atom is 0.322 e. The lowest BCUT2D eigenvalue weighted by atomic mass is 9.62. The van der Waals surface area contributed by atoms with Crippen LogP contribution in [0.5, 0.6) is 0 Å². The molecule has 34 heavy (non-hydrogen) atoms. The van der Waals surface area contributed by atoms with Gasteiger partial charge >= 0.3 is 12.1 Å². The van der Waals surface area contributed by atoms with Crippen molar-refractivity contribution in [2.75, 3.05) is 29.4 Å². The highest BCUT2D eigenvalue weighted by atomic mass is 16.2. The minimum Gasteiger partial charge on any atom is -0.337 e.